The average molecular weight is 330 g/mol. The molecule has 118 valence electrons. The topological polar surface area (TPSA) is 17.1 Å². The van der Waals surface area contributed by atoms with Crippen LogP contribution in [-0.4, -0.2) is 4.21 Å². The van der Waals surface area contributed by atoms with Crippen molar-refractivity contribution in [2.75, 3.05) is 0 Å². The maximum Gasteiger partial charge on any atom is 0.0236 e. The summed E-state index contributed by atoms with van der Waals surface area (Å²) in [7, 11) is -2.88. The lowest BCUT2D eigenvalue weighted by atomic mass is 10.1. The summed E-state index contributed by atoms with van der Waals surface area (Å²) in [5.41, 5.74) is 0. The molecule has 0 aromatic heterocycles. The highest BCUT2D eigenvalue weighted by atomic mass is 32.2. The SMILES string of the molecule is O=[SH](c1ccccc1)(c1ccccc1)c1ccc2ccccc2c1. The third-order valence-corrected chi connectivity index (χ3v) is 7.39. The Hall–Kier alpha value is -2.71. The second kappa shape index (κ2) is 6.06. The van der Waals surface area contributed by atoms with Gasteiger partial charge in [-0.05, 0) is 57.1 Å². The third-order valence-electron chi connectivity index (χ3n) is 4.34. The van der Waals surface area contributed by atoms with E-state index in [0.29, 0.717) is 0 Å². The van der Waals surface area contributed by atoms with Gasteiger partial charge in [-0.3, -0.25) is 4.21 Å². The standard InChI is InChI=1S/C22H18OS/c23-24(20-11-3-1-4-12-20,21-13-5-2-6-14-21)22-16-15-18-9-7-8-10-19(18)17-22/h1-17,24H. The van der Waals surface area contributed by atoms with Crippen molar-refractivity contribution in [1.29, 1.82) is 0 Å². The van der Waals surface area contributed by atoms with Crippen molar-refractivity contribution in [2.45, 2.75) is 14.7 Å². The highest BCUT2D eigenvalue weighted by molar-refractivity contribution is 8.03. The predicted molar refractivity (Wildman–Crippen MR) is 101 cm³/mol. The molecule has 4 aromatic carbocycles. The van der Waals surface area contributed by atoms with E-state index >= 15 is 0 Å². The lowest BCUT2D eigenvalue weighted by Crippen LogP contribution is -2.13. The van der Waals surface area contributed by atoms with E-state index in [1.807, 2.05) is 78.9 Å². The summed E-state index contributed by atoms with van der Waals surface area (Å²) >= 11 is 0. The zero-order valence-electron chi connectivity index (χ0n) is 13.2. The molecule has 0 heterocycles. The highest BCUT2D eigenvalue weighted by Gasteiger charge is 2.23. The number of rotatable bonds is 3. The molecule has 0 atom stereocenters. The first-order chi connectivity index (χ1) is 11.8. The number of hydrogen-bond donors (Lipinski definition) is 1. The quantitative estimate of drug-likeness (QED) is 0.502. The molecule has 0 spiro atoms. The Kier molecular flexibility index (Phi) is 3.75. The molecule has 2 heteroatoms. The Balaban J connectivity index is 2.00. The molecular formula is C22H18OS. The fourth-order valence-corrected chi connectivity index (χ4v) is 5.78. The lowest BCUT2D eigenvalue weighted by Gasteiger charge is -2.26. The summed E-state index contributed by atoms with van der Waals surface area (Å²) in [4.78, 5) is 2.61. The van der Waals surface area contributed by atoms with Crippen molar-refractivity contribution < 1.29 is 4.21 Å². The molecule has 0 radical (unpaired) electrons. The van der Waals surface area contributed by atoms with Gasteiger partial charge >= 0.3 is 0 Å². The maximum absolute atomic E-state index is 14.3. The minimum absolute atomic E-state index is 0.867. The largest absolute Gasteiger partial charge is 0.271 e. The van der Waals surface area contributed by atoms with Crippen molar-refractivity contribution in [3.63, 3.8) is 0 Å². The molecule has 0 amide bonds. The lowest BCUT2D eigenvalue weighted by molar-refractivity contribution is 0.670. The number of fused-ring (bicyclic) bond motifs is 1. The van der Waals surface area contributed by atoms with E-state index in [9.17, 15) is 4.21 Å². The molecule has 0 N–H and O–H groups in total. The Bertz CT molecular complexity index is 980. The van der Waals surface area contributed by atoms with Crippen LogP contribution >= 0.6 is 0 Å². The van der Waals surface area contributed by atoms with Crippen LogP contribution in [0.4, 0.5) is 0 Å². The van der Waals surface area contributed by atoms with Gasteiger partial charge in [-0.25, -0.2) is 0 Å². The Morgan fingerprint density at radius 3 is 1.54 bits per heavy atom. The Morgan fingerprint density at radius 1 is 0.458 bits per heavy atom. The van der Waals surface area contributed by atoms with Gasteiger partial charge in [-0.1, -0.05) is 66.7 Å². The minimum Gasteiger partial charge on any atom is -0.271 e. The van der Waals surface area contributed by atoms with Gasteiger partial charge in [0.1, 0.15) is 0 Å². The number of hydrogen-bond acceptors (Lipinski definition) is 1. The molecule has 1 nitrogen and oxygen atoms in total. The van der Waals surface area contributed by atoms with Gasteiger partial charge < -0.3 is 0 Å². The first kappa shape index (κ1) is 14.9. The van der Waals surface area contributed by atoms with Crippen LogP contribution < -0.4 is 0 Å². The number of thiol groups is 1. The molecule has 0 saturated heterocycles. The van der Waals surface area contributed by atoms with E-state index in [2.05, 4.69) is 24.3 Å². The zero-order chi connectivity index (χ0) is 16.4. The molecule has 0 aliphatic heterocycles. The van der Waals surface area contributed by atoms with E-state index in [1.54, 1.807) is 0 Å². The Morgan fingerprint density at radius 2 is 0.958 bits per heavy atom. The van der Waals surface area contributed by atoms with Crippen LogP contribution in [0.3, 0.4) is 0 Å². The van der Waals surface area contributed by atoms with E-state index in [-0.39, 0.29) is 0 Å². The van der Waals surface area contributed by atoms with Gasteiger partial charge in [0.15, 0.2) is 0 Å². The van der Waals surface area contributed by atoms with Gasteiger partial charge in [-0.15, -0.1) is 0 Å². The van der Waals surface area contributed by atoms with Crippen LogP contribution in [0, 0.1) is 0 Å². The smallest absolute Gasteiger partial charge is 0.0236 e. The third kappa shape index (κ3) is 2.45. The molecule has 4 rings (SSSR count). The van der Waals surface area contributed by atoms with Crippen molar-refractivity contribution in [1.82, 2.24) is 0 Å². The molecule has 0 fully saturated rings. The fourth-order valence-electron chi connectivity index (χ4n) is 3.10. The van der Waals surface area contributed by atoms with E-state index in [0.717, 1.165) is 25.5 Å². The summed E-state index contributed by atoms with van der Waals surface area (Å²) in [5.74, 6) is 0. The van der Waals surface area contributed by atoms with E-state index in [1.165, 1.54) is 0 Å². The zero-order valence-corrected chi connectivity index (χ0v) is 14.1. The molecule has 0 saturated carbocycles. The predicted octanol–water partition coefficient (Wildman–Crippen LogP) is 5.33. The maximum atomic E-state index is 14.3. The summed E-state index contributed by atoms with van der Waals surface area (Å²) < 4.78 is 14.3. The van der Waals surface area contributed by atoms with Crippen molar-refractivity contribution >= 4 is 20.7 Å². The first-order valence-corrected chi connectivity index (χ1v) is 9.70. The van der Waals surface area contributed by atoms with Crippen LogP contribution in [0.25, 0.3) is 10.8 Å². The average Bonchev–Trinajstić information content (AvgIpc) is 2.68. The van der Waals surface area contributed by atoms with Gasteiger partial charge in [-0.2, -0.15) is 0 Å². The van der Waals surface area contributed by atoms with Gasteiger partial charge in [0.25, 0.3) is 0 Å². The Labute approximate surface area is 143 Å². The molecule has 0 bridgehead atoms. The van der Waals surface area contributed by atoms with E-state index in [4.69, 9.17) is 0 Å². The molecule has 0 aliphatic carbocycles. The second-order valence-electron chi connectivity index (χ2n) is 5.81. The first-order valence-electron chi connectivity index (χ1n) is 7.99. The summed E-state index contributed by atoms with van der Waals surface area (Å²) in [6, 6.07) is 33.9. The molecule has 0 aliphatic rings. The van der Waals surface area contributed by atoms with Crippen LogP contribution in [0.2, 0.25) is 0 Å². The van der Waals surface area contributed by atoms with Gasteiger partial charge in [0.2, 0.25) is 0 Å². The normalized spacial score (nSPS) is 12.2. The summed E-state index contributed by atoms with van der Waals surface area (Å²) in [6.07, 6.45) is 0. The second-order valence-corrected chi connectivity index (χ2v) is 8.58. The monoisotopic (exact) mass is 330 g/mol. The molecule has 4 aromatic rings. The van der Waals surface area contributed by atoms with Crippen molar-refractivity contribution in [3.8, 4) is 0 Å². The number of benzene rings is 4. The minimum atomic E-state index is -2.88. The molecule has 0 unspecified atom stereocenters. The highest BCUT2D eigenvalue weighted by Crippen LogP contribution is 2.37. The molecular weight excluding hydrogens is 312 g/mol. The molecule has 24 heavy (non-hydrogen) atoms. The van der Waals surface area contributed by atoms with Gasteiger partial charge in [0, 0.05) is 14.7 Å². The van der Waals surface area contributed by atoms with Crippen LogP contribution in [0.5, 0.6) is 0 Å². The summed E-state index contributed by atoms with van der Waals surface area (Å²) in [6.45, 7) is 0. The van der Waals surface area contributed by atoms with E-state index < -0.39 is 9.93 Å². The fraction of sp³-hybridized carbons (Fsp3) is 0. The van der Waals surface area contributed by atoms with Gasteiger partial charge in [0.05, 0.1) is 0 Å². The van der Waals surface area contributed by atoms with Crippen LogP contribution in [-0.2, 0) is 9.93 Å². The van der Waals surface area contributed by atoms with Crippen LogP contribution in [0.1, 0.15) is 0 Å². The summed E-state index contributed by atoms with van der Waals surface area (Å²) in [5, 5.41) is 2.27. The van der Waals surface area contributed by atoms with Crippen molar-refractivity contribution in [2.24, 2.45) is 0 Å². The van der Waals surface area contributed by atoms with Crippen molar-refractivity contribution in [3.05, 3.63) is 103 Å². The van der Waals surface area contributed by atoms with Crippen LogP contribution in [0.15, 0.2) is 118 Å².